The summed E-state index contributed by atoms with van der Waals surface area (Å²) in [7, 11) is 0. The van der Waals surface area contributed by atoms with E-state index in [9.17, 15) is 9.18 Å². The van der Waals surface area contributed by atoms with Crippen LogP contribution in [0.4, 0.5) is 4.39 Å². The van der Waals surface area contributed by atoms with Gasteiger partial charge in [0, 0.05) is 6.07 Å². The third kappa shape index (κ3) is 2.54. The predicted molar refractivity (Wildman–Crippen MR) is 60.5 cm³/mol. The molecule has 0 saturated heterocycles. The van der Waals surface area contributed by atoms with Crippen LogP contribution in [0.2, 0.25) is 5.02 Å². The van der Waals surface area contributed by atoms with Crippen molar-refractivity contribution in [2.24, 2.45) is 0 Å². The van der Waals surface area contributed by atoms with Gasteiger partial charge in [0.25, 0.3) is 5.88 Å². The molecule has 1 aromatic heterocycles. The fourth-order valence-corrected chi connectivity index (χ4v) is 1.38. The van der Waals surface area contributed by atoms with Crippen molar-refractivity contribution in [2.45, 2.75) is 0 Å². The zero-order valence-electron chi connectivity index (χ0n) is 8.80. The minimum atomic E-state index is -1.20. The van der Waals surface area contributed by atoms with E-state index in [2.05, 4.69) is 10.2 Å². The molecule has 7 heteroatoms. The van der Waals surface area contributed by atoms with Gasteiger partial charge in [0.1, 0.15) is 17.1 Å². The highest BCUT2D eigenvalue weighted by Gasteiger charge is 2.14. The highest BCUT2D eigenvalue weighted by molar-refractivity contribution is 6.30. The SMILES string of the molecule is O=C(O)c1ccnnc1Oc1ccc(F)c(Cl)c1. The molecule has 0 saturated carbocycles. The zero-order chi connectivity index (χ0) is 13.1. The lowest BCUT2D eigenvalue weighted by Crippen LogP contribution is -2.02. The first kappa shape index (κ1) is 12.3. The van der Waals surface area contributed by atoms with Crippen molar-refractivity contribution >= 4 is 17.6 Å². The van der Waals surface area contributed by atoms with Crippen LogP contribution >= 0.6 is 11.6 Å². The first-order valence-corrected chi connectivity index (χ1v) is 5.13. The van der Waals surface area contributed by atoms with Crippen molar-refractivity contribution in [3.63, 3.8) is 0 Å². The molecule has 1 N–H and O–H groups in total. The van der Waals surface area contributed by atoms with E-state index in [0.29, 0.717) is 0 Å². The van der Waals surface area contributed by atoms with Gasteiger partial charge in [-0.15, -0.1) is 5.10 Å². The minimum absolute atomic E-state index is 0.131. The van der Waals surface area contributed by atoms with Gasteiger partial charge in [0.05, 0.1) is 11.2 Å². The molecule has 5 nitrogen and oxygen atoms in total. The smallest absolute Gasteiger partial charge is 0.341 e. The number of halogens is 2. The lowest BCUT2D eigenvalue weighted by Gasteiger charge is -2.06. The number of hydrogen-bond acceptors (Lipinski definition) is 4. The molecular formula is C11H6ClFN2O3. The Labute approximate surface area is 106 Å². The summed E-state index contributed by atoms with van der Waals surface area (Å²) in [4.78, 5) is 10.9. The molecule has 1 aromatic carbocycles. The monoisotopic (exact) mass is 268 g/mol. The number of aromatic carboxylic acids is 1. The van der Waals surface area contributed by atoms with Crippen LogP contribution in [0, 0.1) is 5.82 Å². The van der Waals surface area contributed by atoms with Crippen molar-refractivity contribution in [3.8, 4) is 11.6 Å². The number of carboxylic acids is 1. The molecule has 0 spiro atoms. The van der Waals surface area contributed by atoms with Gasteiger partial charge in [-0.1, -0.05) is 11.6 Å². The van der Waals surface area contributed by atoms with Crippen molar-refractivity contribution in [2.75, 3.05) is 0 Å². The Balaban J connectivity index is 2.34. The van der Waals surface area contributed by atoms with Crippen LogP contribution in [0.1, 0.15) is 10.4 Å². The summed E-state index contributed by atoms with van der Waals surface area (Å²) in [6.45, 7) is 0. The molecule has 0 radical (unpaired) electrons. The molecular weight excluding hydrogens is 263 g/mol. The van der Waals surface area contributed by atoms with Gasteiger partial charge in [0.15, 0.2) is 0 Å². The minimum Gasteiger partial charge on any atom is -0.477 e. The first-order valence-electron chi connectivity index (χ1n) is 4.76. The van der Waals surface area contributed by atoms with E-state index in [1.54, 1.807) is 0 Å². The van der Waals surface area contributed by atoms with Gasteiger partial charge in [-0.25, -0.2) is 9.18 Å². The number of ether oxygens (including phenoxy) is 1. The fraction of sp³-hybridized carbons (Fsp3) is 0. The van der Waals surface area contributed by atoms with Gasteiger partial charge < -0.3 is 9.84 Å². The number of carbonyl (C=O) groups is 1. The number of rotatable bonds is 3. The van der Waals surface area contributed by atoms with Gasteiger partial charge in [-0.3, -0.25) is 0 Å². The molecule has 2 rings (SSSR count). The number of benzene rings is 1. The Hall–Kier alpha value is -2.21. The number of aromatic nitrogens is 2. The van der Waals surface area contributed by atoms with Crippen molar-refractivity contribution in [3.05, 3.63) is 46.9 Å². The van der Waals surface area contributed by atoms with Gasteiger partial charge in [-0.2, -0.15) is 5.10 Å². The number of carboxylic acid groups (broad SMARTS) is 1. The number of nitrogens with zero attached hydrogens (tertiary/aromatic N) is 2. The molecule has 0 fully saturated rings. The summed E-state index contributed by atoms with van der Waals surface area (Å²) >= 11 is 5.58. The summed E-state index contributed by atoms with van der Waals surface area (Å²) in [6, 6.07) is 4.88. The van der Waals surface area contributed by atoms with Crippen LogP contribution < -0.4 is 4.74 Å². The Morgan fingerprint density at radius 3 is 2.83 bits per heavy atom. The quantitative estimate of drug-likeness (QED) is 0.927. The Kier molecular flexibility index (Phi) is 3.38. The largest absolute Gasteiger partial charge is 0.477 e. The second-order valence-electron chi connectivity index (χ2n) is 3.23. The van der Waals surface area contributed by atoms with Crippen LogP contribution in [0.15, 0.2) is 30.5 Å². The zero-order valence-corrected chi connectivity index (χ0v) is 9.56. The van der Waals surface area contributed by atoms with Crippen LogP contribution in [-0.4, -0.2) is 21.3 Å². The summed E-state index contributed by atoms with van der Waals surface area (Å²) < 4.78 is 18.1. The summed E-state index contributed by atoms with van der Waals surface area (Å²) in [5, 5.41) is 15.9. The normalized spacial score (nSPS) is 10.1. The van der Waals surface area contributed by atoms with E-state index in [4.69, 9.17) is 21.4 Å². The molecule has 0 amide bonds. The second kappa shape index (κ2) is 4.97. The fourth-order valence-electron chi connectivity index (χ4n) is 1.21. The average Bonchev–Trinajstić information content (AvgIpc) is 2.34. The molecule has 0 bridgehead atoms. The molecule has 92 valence electrons. The maximum absolute atomic E-state index is 12.9. The van der Waals surface area contributed by atoms with Crippen LogP contribution in [-0.2, 0) is 0 Å². The molecule has 0 aliphatic carbocycles. The first-order chi connectivity index (χ1) is 8.58. The van der Waals surface area contributed by atoms with Crippen LogP contribution in [0.3, 0.4) is 0 Å². The Morgan fingerprint density at radius 1 is 1.39 bits per heavy atom. The third-order valence-electron chi connectivity index (χ3n) is 2.02. The lowest BCUT2D eigenvalue weighted by atomic mass is 10.3. The second-order valence-corrected chi connectivity index (χ2v) is 3.64. The average molecular weight is 269 g/mol. The van der Waals surface area contributed by atoms with Crippen molar-refractivity contribution in [1.82, 2.24) is 10.2 Å². The lowest BCUT2D eigenvalue weighted by molar-refractivity contribution is 0.0693. The molecule has 0 unspecified atom stereocenters. The third-order valence-corrected chi connectivity index (χ3v) is 2.31. The summed E-state index contributed by atoms with van der Waals surface area (Å²) in [5.41, 5.74) is -0.148. The van der Waals surface area contributed by atoms with E-state index >= 15 is 0 Å². The van der Waals surface area contributed by atoms with Crippen molar-refractivity contribution in [1.29, 1.82) is 0 Å². The Bertz CT molecular complexity index is 607. The molecule has 2 aromatic rings. The van der Waals surface area contributed by atoms with E-state index in [0.717, 1.165) is 6.07 Å². The van der Waals surface area contributed by atoms with Gasteiger partial charge in [0.2, 0.25) is 0 Å². The number of hydrogen-bond donors (Lipinski definition) is 1. The van der Waals surface area contributed by atoms with Crippen molar-refractivity contribution < 1.29 is 19.0 Å². The highest BCUT2D eigenvalue weighted by Crippen LogP contribution is 2.26. The topological polar surface area (TPSA) is 72.3 Å². The standard InChI is InChI=1S/C11H6ClFN2O3/c12-8-5-6(1-2-9(8)13)18-10-7(11(16)17)3-4-14-15-10/h1-5H,(H,16,17). The maximum Gasteiger partial charge on any atom is 0.341 e. The summed E-state index contributed by atoms with van der Waals surface area (Å²) in [5.74, 6) is -1.81. The Morgan fingerprint density at radius 2 is 2.17 bits per heavy atom. The van der Waals surface area contributed by atoms with E-state index < -0.39 is 11.8 Å². The predicted octanol–water partition coefficient (Wildman–Crippen LogP) is 2.76. The van der Waals surface area contributed by atoms with Crippen LogP contribution in [0.25, 0.3) is 0 Å². The molecule has 1 heterocycles. The molecule has 0 aliphatic heterocycles. The van der Waals surface area contributed by atoms with E-state index in [1.807, 2.05) is 0 Å². The summed E-state index contributed by atoms with van der Waals surface area (Å²) in [6.07, 6.45) is 1.23. The highest BCUT2D eigenvalue weighted by atomic mass is 35.5. The van der Waals surface area contributed by atoms with Gasteiger partial charge in [-0.05, 0) is 18.2 Å². The van der Waals surface area contributed by atoms with Gasteiger partial charge >= 0.3 is 5.97 Å². The van der Waals surface area contributed by atoms with E-state index in [1.165, 1.54) is 24.4 Å². The molecule has 18 heavy (non-hydrogen) atoms. The van der Waals surface area contributed by atoms with Crippen LogP contribution in [0.5, 0.6) is 11.6 Å². The molecule has 0 atom stereocenters. The maximum atomic E-state index is 12.9. The van der Waals surface area contributed by atoms with E-state index in [-0.39, 0.29) is 22.2 Å². The molecule has 0 aliphatic rings.